The molecule has 1 fully saturated rings. The van der Waals surface area contributed by atoms with E-state index in [1.54, 1.807) is 4.52 Å². The molecule has 2 atom stereocenters. The van der Waals surface area contributed by atoms with Gasteiger partial charge in [-0.15, -0.1) is 0 Å². The van der Waals surface area contributed by atoms with Gasteiger partial charge in [0.15, 0.2) is 11.4 Å². The highest BCUT2D eigenvalue weighted by Gasteiger charge is 2.41. The monoisotopic (exact) mass is 291 g/mol. The van der Waals surface area contributed by atoms with Gasteiger partial charge in [-0.3, -0.25) is 0 Å². The second-order valence-corrected chi connectivity index (χ2v) is 4.61. The fourth-order valence-corrected chi connectivity index (χ4v) is 2.41. The van der Waals surface area contributed by atoms with Crippen LogP contribution in [0.5, 0.6) is 0 Å². The zero-order valence-corrected chi connectivity index (χ0v) is 11.6. The Balaban J connectivity index is 0.000000774. The van der Waals surface area contributed by atoms with Crippen LogP contribution >= 0.6 is 0 Å². The Morgan fingerprint density at radius 2 is 2.33 bits per heavy atom. The number of aliphatic hydroxyl groups excluding tert-OH is 2. The van der Waals surface area contributed by atoms with Crippen LogP contribution in [0.3, 0.4) is 0 Å². The van der Waals surface area contributed by atoms with Crippen molar-refractivity contribution in [2.24, 2.45) is 0 Å². The predicted molar refractivity (Wildman–Crippen MR) is 74.0 cm³/mol. The Morgan fingerprint density at radius 3 is 2.95 bits per heavy atom. The number of aliphatic hydroxyl groups is 2. The molecule has 0 radical (unpaired) electrons. The summed E-state index contributed by atoms with van der Waals surface area (Å²) in [6.07, 6.45) is 2.26. The van der Waals surface area contributed by atoms with E-state index < -0.39 is 5.60 Å². The molecule has 3 heterocycles. The van der Waals surface area contributed by atoms with E-state index in [2.05, 4.69) is 10.1 Å². The van der Waals surface area contributed by atoms with Crippen LogP contribution in [0.15, 0.2) is 18.5 Å². The number of anilines is 1. The van der Waals surface area contributed by atoms with Gasteiger partial charge in [-0.05, 0) is 25.0 Å². The zero-order valence-electron chi connectivity index (χ0n) is 11.6. The molecule has 0 aliphatic carbocycles. The van der Waals surface area contributed by atoms with Gasteiger partial charge in [0.1, 0.15) is 24.0 Å². The highest BCUT2D eigenvalue weighted by Crippen LogP contribution is 2.39. The van der Waals surface area contributed by atoms with Gasteiger partial charge in [-0.2, -0.15) is 10.4 Å². The lowest BCUT2D eigenvalue weighted by Crippen LogP contribution is -2.30. The lowest BCUT2D eigenvalue weighted by Gasteiger charge is -2.18. The topological polar surface area (TPSA) is 130 Å². The number of aromatic nitrogens is 3. The third-order valence-electron chi connectivity index (χ3n) is 3.48. The van der Waals surface area contributed by atoms with Gasteiger partial charge >= 0.3 is 0 Å². The van der Waals surface area contributed by atoms with Gasteiger partial charge in [0.2, 0.25) is 0 Å². The number of nitrogen functional groups attached to an aromatic ring is 1. The summed E-state index contributed by atoms with van der Waals surface area (Å²) in [5.74, 6) is 0.396. The number of ether oxygens (including phenoxy) is 1. The van der Waals surface area contributed by atoms with Crippen molar-refractivity contribution < 1.29 is 14.9 Å². The molecule has 1 aliphatic heterocycles. The third kappa shape index (κ3) is 2.54. The van der Waals surface area contributed by atoms with Crippen LogP contribution in [-0.2, 0) is 4.74 Å². The first kappa shape index (κ1) is 15.2. The van der Waals surface area contributed by atoms with E-state index in [9.17, 15) is 5.11 Å². The van der Waals surface area contributed by atoms with Gasteiger partial charge < -0.3 is 20.7 Å². The molecule has 0 saturated carbocycles. The average Bonchev–Trinajstić information content (AvgIpc) is 3.14. The Kier molecular flexibility index (Phi) is 4.37. The van der Waals surface area contributed by atoms with Crippen molar-refractivity contribution >= 4 is 11.3 Å². The minimum atomic E-state index is -1.10. The summed E-state index contributed by atoms with van der Waals surface area (Å²) in [7, 11) is 1.00. The minimum Gasteiger partial charge on any atom is -0.400 e. The molecule has 112 valence electrons. The Labute approximate surface area is 121 Å². The molecule has 4 N–H and O–H groups in total. The van der Waals surface area contributed by atoms with Gasteiger partial charge in [-0.25, -0.2) is 9.50 Å². The molecule has 0 spiro atoms. The first-order valence-corrected chi connectivity index (χ1v) is 6.42. The van der Waals surface area contributed by atoms with Gasteiger partial charge in [0, 0.05) is 7.11 Å². The number of hydrogen-bond acceptors (Lipinski definition) is 7. The molecular weight excluding hydrogens is 274 g/mol. The molecule has 3 rings (SSSR count). The smallest absolute Gasteiger partial charge is 0.177 e. The lowest BCUT2D eigenvalue weighted by atomic mass is 10.0. The summed E-state index contributed by atoms with van der Waals surface area (Å²) < 4.78 is 7.37. The number of fused-ring (bicyclic) bond motifs is 1. The maximum atomic E-state index is 9.29. The van der Waals surface area contributed by atoms with Crippen molar-refractivity contribution in [1.82, 2.24) is 14.6 Å². The molecule has 1 aliphatic rings. The molecule has 8 heteroatoms. The lowest BCUT2D eigenvalue weighted by molar-refractivity contribution is -0.0386. The first-order valence-electron chi connectivity index (χ1n) is 6.42. The Morgan fingerprint density at radius 1 is 1.57 bits per heavy atom. The number of nitriles is 1. The standard InChI is InChI=1S/C12H13N5O2.CH4O/c13-5-12(6-18)4-3-10(19-12)8-1-2-9-11(14)15-7-16-17(8)9;1-2/h1-2,7,10,18H,3-4,6H2,(H2,14,15,16);2H,1H3. The molecule has 2 aromatic heterocycles. The fourth-order valence-electron chi connectivity index (χ4n) is 2.41. The van der Waals surface area contributed by atoms with E-state index in [0.29, 0.717) is 24.2 Å². The second-order valence-electron chi connectivity index (χ2n) is 4.61. The highest BCUT2D eigenvalue weighted by atomic mass is 16.5. The van der Waals surface area contributed by atoms with Crippen LogP contribution in [0, 0.1) is 11.3 Å². The summed E-state index contributed by atoms with van der Waals surface area (Å²) >= 11 is 0. The zero-order chi connectivity index (χ0) is 15.5. The Bertz CT molecular complexity index is 665. The molecule has 8 nitrogen and oxygen atoms in total. The fraction of sp³-hybridized carbons (Fsp3) is 0.462. The van der Waals surface area contributed by atoms with E-state index in [1.807, 2.05) is 18.2 Å². The maximum Gasteiger partial charge on any atom is 0.177 e. The number of rotatable bonds is 2. The van der Waals surface area contributed by atoms with Gasteiger partial charge in [0.05, 0.1) is 12.3 Å². The van der Waals surface area contributed by atoms with Crippen molar-refractivity contribution in [2.45, 2.75) is 24.5 Å². The van der Waals surface area contributed by atoms with Crippen molar-refractivity contribution in [3.63, 3.8) is 0 Å². The van der Waals surface area contributed by atoms with E-state index >= 15 is 0 Å². The summed E-state index contributed by atoms with van der Waals surface area (Å²) in [4.78, 5) is 3.92. The molecule has 1 saturated heterocycles. The number of nitrogens with two attached hydrogens (primary N) is 1. The maximum absolute atomic E-state index is 9.29. The normalized spacial score (nSPS) is 24.4. The van der Waals surface area contributed by atoms with Crippen molar-refractivity contribution in [3.8, 4) is 6.07 Å². The minimum absolute atomic E-state index is 0.274. The average molecular weight is 291 g/mol. The Hall–Kier alpha value is -2.21. The molecule has 0 bridgehead atoms. The number of hydrogen-bond donors (Lipinski definition) is 3. The largest absolute Gasteiger partial charge is 0.400 e. The SMILES string of the molecule is CO.N#CC1(CO)CCC(c2ccc3c(N)ncnn23)O1. The van der Waals surface area contributed by atoms with Gasteiger partial charge in [0.25, 0.3) is 0 Å². The van der Waals surface area contributed by atoms with Crippen molar-refractivity contribution in [2.75, 3.05) is 19.5 Å². The molecular formula is C13H17N5O3. The summed E-state index contributed by atoms with van der Waals surface area (Å²) in [6.45, 7) is -0.305. The predicted octanol–water partition coefficient (Wildman–Crippen LogP) is 0.0262. The summed E-state index contributed by atoms with van der Waals surface area (Å²) in [5, 5.41) is 29.5. The molecule has 0 aromatic carbocycles. The van der Waals surface area contributed by atoms with Crippen LogP contribution in [-0.4, -0.2) is 44.1 Å². The van der Waals surface area contributed by atoms with E-state index in [4.69, 9.17) is 20.8 Å². The van der Waals surface area contributed by atoms with Gasteiger partial charge in [-0.1, -0.05) is 0 Å². The van der Waals surface area contributed by atoms with Crippen LogP contribution in [0.4, 0.5) is 5.82 Å². The second kappa shape index (κ2) is 6.05. The highest BCUT2D eigenvalue weighted by molar-refractivity contribution is 5.65. The van der Waals surface area contributed by atoms with E-state index in [-0.39, 0.29) is 12.7 Å². The van der Waals surface area contributed by atoms with Crippen molar-refractivity contribution in [1.29, 1.82) is 5.26 Å². The summed E-state index contributed by atoms with van der Waals surface area (Å²) in [6, 6.07) is 5.72. The van der Waals surface area contributed by atoms with Crippen LogP contribution in [0.1, 0.15) is 24.6 Å². The first-order chi connectivity index (χ1) is 10.2. The third-order valence-corrected chi connectivity index (χ3v) is 3.48. The van der Waals surface area contributed by atoms with Crippen molar-refractivity contribution in [3.05, 3.63) is 24.2 Å². The molecule has 2 aromatic rings. The molecule has 21 heavy (non-hydrogen) atoms. The van der Waals surface area contributed by atoms with Crippen LogP contribution < -0.4 is 5.73 Å². The molecule has 2 unspecified atom stereocenters. The van der Waals surface area contributed by atoms with E-state index in [1.165, 1.54) is 6.33 Å². The molecule has 0 amide bonds. The number of nitrogens with zero attached hydrogens (tertiary/aromatic N) is 4. The van der Waals surface area contributed by atoms with E-state index in [0.717, 1.165) is 12.8 Å². The summed E-state index contributed by atoms with van der Waals surface area (Å²) in [5.41, 5.74) is 6.19. The van der Waals surface area contributed by atoms with Crippen LogP contribution in [0.2, 0.25) is 0 Å². The van der Waals surface area contributed by atoms with Crippen LogP contribution in [0.25, 0.3) is 5.52 Å². The quantitative estimate of drug-likeness (QED) is 0.711.